The van der Waals surface area contributed by atoms with Gasteiger partial charge in [0.1, 0.15) is 0 Å². The number of hydrogen-bond donors (Lipinski definition) is 2. The van der Waals surface area contributed by atoms with E-state index in [1.165, 1.54) is 0 Å². The summed E-state index contributed by atoms with van der Waals surface area (Å²) in [6.07, 6.45) is 0. The fraction of sp³-hybridized carbons (Fsp3) is 0.533. The topological polar surface area (TPSA) is 64.3 Å². The molecule has 0 saturated heterocycles. The number of carbonyl (C=O) groups excluding carboxylic acids is 1. The first-order valence-corrected chi connectivity index (χ1v) is 7.07. The highest BCUT2D eigenvalue weighted by atomic mass is 35.5. The molecule has 1 aromatic carbocycles. The van der Waals surface area contributed by atoms with Gasteiger partial charge < -0.3 is 15.8 Å². The zero-order chi connectivity index (χ0) is 15.5. The minimum absolute atomic E-state index is 0.0245. The van der Waals surface area contributed by atoms with Crippen molar-refractivity contribution < 1.29 is 9.53 Å². The molecule has 112 valence electrons. The lowest BCUT2D eigenvalue weighted by atomic mass is 9.88. The molecule has 0 aromatic heterocycles. The minimum Gasteiger partial charge on any atom is -0.462 e. The molecule has 0 saturated carbocycles. The van der Waals surface area contributed by atoms with Gasteiger partial charge in [0.2, 0.25) is 0 Å². The van der Waals surface area contributed by atoms with Crippen molar-refractivity contribution in [2.75, 3.05) is 17.7 Å². The number of ether oxygens (including phenoxy) is 1. The Hall–Kier alpha value is -1.42. The first-order valence-electron chi connectivity index (χ1n) is 6.69. The predicted molar refractivity (Wildman–Crippen MR) is 84.4 cm³/mol. The Balaban J connectivity index is 3.20. The molecule has 0 bridgehead atoms. The molecule has 0 aliphatic rings. The van der Waals surface area contributed by atoms with Crippen LogP contribution < -0.4 is 11.1 Å². The number of anilines is 2. The average molecular weight is 299 g/mol. The molecule has 5 heteroatoms. The normalized spacial score (nSPS) is 12.9. The van der Waals surface area contributed by atoms with Crippen LogP contribution in [0.4, 0.5) is 11.4 Å². The summed E-state index contributed by atoms with van der Waals surface area (Å²) in [5.41, 5.74) is 7.16. The number of hydrogen-bond acceptors (Lipinski definition) is 4. The largest absolute Gasteiger partial charge is 0.462 e. The van der Waals surface area contributed by atoms with Crippen LogP contribution in [0.1, 0.15) is 45.0 Å². The first kappa shape index (κ1) is 16.6. The maximum absolute atomic E-state index is 12.0. The molecule has 0 fully saturated rings. The molecule has 0 radical (unpaired) electrons. The van der Waals surface area contributed by atoms with E-state index in [4.69, 9.17) is 22.1 Å². The average Bonchev–Trinajstić information content (AvgIpc) is 2.31. The number of carbonyl (C=O) groups is 1. The molecular weight excluding hydrogens is 276 g/mol. The van der Waals surface area contributed by atoms with Crippen molar-refractivity contribution in [1.29, 1.82) is 0 Å². The van der Waals surface area contributed by atoms with Gasteiger partial charge in [0.15, 0.2) is 0 Å². The van der Waals surface area contributed by atoms with Gasteiger partial charge in [-0.25, -0.2) is 4.79 Å². The lowest BCUT2D eigenvalue weighted by Gasteiger charge is -2.30. The lowest BCUT2D eigenvalue weighted by molar-refractivity contribution is 0.0527. The molecule has 1 aromatic rings. The van der Waals surface area contributed by atoms with E-state index < -0.39 is 5.97 Å². The van der Waals surface area contributed by atoms with Crippen molar-refractivity contribution in [3.05, 3.63) is 22.7 Å². The molecule has 4 nitrogen and oxygen atoms in total. The highest BCUT2D eigenvalue weighted by Gasteiger charge is 2.24. The van der Waals surface area contributed by atoms with Gasteiger partial charge >= 0.3 is 5.97 Å². The summed E-state index contributed by atoms with van der Waals surface area (Å²) in [6.45, 7) is 10.4. The summed E-state index contributed by atoms with van der Waals surface area (Å²) < 4.78 is 5.05. The van der Waals surface area contributed by atoms with Crippen molar-refractivity contribution >= 4 is 28.9 Å². The van der Waals surface area contributed by atoms with Crippen molar-refractivity contribution in [2.45, 2.75) is 40.7 Å². The Labute approximate surface area is 125 Å². The van der Waals surface area contributed by atoms with Crippen LogP contribution in [0.2, 0.25) is 5.02 Å². The number of nitrogen functional groups attached to an aromatic ring is 1. The summed E-state index contributed by atoms with van der Waals surface area (Å²) in [4.78, 5) is 12.0. The van der Waals surface area contributed by atoms with Gasteiger partial charge in [-0.3, -0.25) is 0 Å². The van der Waals surface area contributed by atoms with Crippen molar-refractivity contribution in [3.63, 3.8) is 0 Å². The lowest BCUT2D eigenvalue weighted by Crippen LogP contribution is -2.31. The second-order valence-electron chi connectivity index (χ2n) is 5.88. The molecule has 0 aliphatic carbocycles. The molecular formula is C15H23ClN2O2. The monoisotopic (exact) mass is 298 g/mol. The predicted octanol–water partition coefficient (Wildman–Crippen LogP) is 3.95. The van der Waals surface area contributed by atoms with E-state index in [-0.39, 0.29) is 11.5 Å². The van der Waals surface area contributed by atoms with E-state index in [1.54, 1.807) is 19.1 Å². The smallest absolute Gasteiger partial charge is 0.340 e. The van der Waals surface area contributed by atoms with Crippen LogP contribution in [0.3, 0.4) is 0 Å². The summed E-state index contributed by atoms with van der Waals surface area (Å²) in [7, 11) is 0. The highest BCUT2D eigenvalue weighted by molar-refractivity contribution is 6.34. The van der Waals surface area contributed by atoms with E-state index in [0.29, 0.717) is 28.6 Å². The Morgan fingerprint density at radius 2 is 2.05 bits per heavy atom. The van der Waals surface area contributed by atoms with Gasteiger partial charge in [-0.15, -0.1) is 0 Å². The third kappa shape index (κ3) is 4.04. The van der Waals surface area contributed by atoms with E-state index >= 15 is 0 Å². The van der Waals surface area contributed by atoms with Crippen molar-refractivity contribution in [3.8, 4) is 0 Å². The van der Waals surface area contributed by atoms with Crippen LogP contribution in [-0.2, 0) is 4.74 Å². The standard InChI is InChI=1S/C15H23ClN2O2/c1-6-20-14(19)11-7-10(17)8-12(16)13(11)18-9(2)15(3,4)5/h7-9,18H,6,17H2,1-5H3. The molecule has 20 heavy (non-hydrogen) atoms. The van der Waals surface area contributed by atoms with Crippen LogP contribution in [0, 0.1) is 5.41 Å². The molecule has 0 amide bonds. The number of esters is 1. The van der Waals surface area contributed by atoms with E-state index in [2.05, 4.69) is 26.1 Å². The van der Waals surface area contributed by atoms with E-state index in [9.17, 15) is 4.79 Å². The number of benzene rings is 1. The van der Waals surface area contributed by atoms with E-state index in [1.807, 2.05) is 6.92 Å². The van der Waals surface area contributed by atoms with Gasteiger partial charge in [-0.1, -0.05) is 32.4 Å². The van der Waals surface area contributed by atoms with Crippen LogP contribution in [0.15, 0.2) is 12.1 Å². The Morgan fingerprint density at radius 3 is 2.55 bits per heavy atom. The third-order valence-corrected chi connectivity index (χ3v) is 3.57. The summed E-state index contributed by atoms with van der Waals surface area (Å²) in [6, 6.07) is 3.33. The molecule has 1 atom stereocenters. The highest BCUT2D eigenvalue weighted by Crippen LogP contribution is 2.33. The number of nitrogens with two attached hydrogens (primary N) is 1. The molecule has 1 unspecified atom stereocenters. The van der Waals surface area contributed by atoms with Gasteiger partial charge in [0.25, 0.3) is 0 Å². The fourth-order valence-corrected chi connectivity index (χ4v) is 1.86. The van der Waals surface area contributed by atoms with Crippen molar-refractivity contribution in [2.24, 2.45) is 5.41 Å². The van der Waals surface area contributed by atoms with Crippen LogP contribution in [-0.4, -0.2) is 18.6 Å². The molecule has 3 N–H and O–H groups in total. The second kappa shape index (κ2) is 6.35. The first-order chi connectivity index (χ1) is 9.16. The zero-order valence-corrected chi connectivity index (χ0v) is 13.5. The van der Waals surface area contributed by atoms with Gasteiger partial charge in [-0.05, 0) is 31.4 Å². The molecule has 0 aliphatic heterocycles. The Bertz CT molecular complexity index is 495. The van der Waals surface area contributed by atoms with Crippen LogP contribution in [0.25, 0.3) is 0 Å². The van der Waals surface area contributed by atoms with Crippen LogP contribution >= 0.6 is 11.6 Å². The van der Waals surface area contributed by atoms with Gasteiger partial charge in [0.05, 0.1) is 22.9 Å². The van der Waals surface area contributed by atoms with Gasteiger partial charge in [0, 0.05) is 11.7 Å². The second-order valence-corrected chi connectivity index (χ2v) is 6.29. The summed E-state index contributed by atoms with van der Waals surface area (Å²) >= 11 is 6.22. The molecule has 0 spiro atoms. The number of nitrogens with one attached hydrogen (secondary N) is 1. The van der Waals surface area contributed by atoms with Gasteiger partial charge in [-0.2, -0.15) is 0 Å². The number of rotatable bonds is 4. The summed E-state index contributed by atoms with van der Waals surface area (Å²) in [5, 5.41) is 3.72. The third-order valence-electron chi connectivity index (χ3n) is 3.27. The zero-order valence-electron chi connectivity index (χ0n) is 12.7. The quantitative estimate of drug-likeness (QED) is 0.652. The molecule has 0 heterocycles. The van der Waals surface area contributed by atoms with E-state index in [0.717, 1.165) is 0 Å². The maximum atomic E-state index is 12.0. The minimum atomic E-state index is -0.426. The maximum Gasteiger partial charge on any atom is 0.340 e. The number of halogens is 1. The Kier molecular flexibility index (Phi) is 5.28. The molecule has 1 rings (SSSR count). The van der Waals surface area contributed by atoms with Crippen molar-refractivity contribution in [1.82, 2.24) is 0 Å². The Morgan fingerprint density at radius 1 is 1.45 bits per heavy atom. The SMILES string of the molecule is CCOC(=O)c1cc(N)cc(Cl)c1NC(C)C(C)(C)C. The summed E-state index contributed by atoms with van der Waals surface area (Å²) in [5.74, 6) is -0.426. The van der Waals surface area contributed by atoms with Crippen LogP contribution in [0.5, 0.6) is 0 Å². The fourth-order valence-electron chi connectivity index (χ4n) is 1.58.